The Morgan fingerprint density at radius 3 is 2.29 bits per heavy atom. The van der Waals surface area contributed by atoms with E-state index in [2.05, 4.69) is 25.3 Å². The van der Waals surface area contributed by atoms with Crippen molar-refractivity contribution in [3.05, 3.63) is 0 Å². The SMILES string of the molecule is [SiH3]CCC(S)CS. The summed E-state index contributed by atoms with van der Waals surface area (Å²) < 4.78 is 0. The Morgan fingerprint density at radius 1 is 1.57 bits per heavy atom. The Labute approximate surface area is 59.3 Å². The molecule has 0 amide bonds. The molecule has 0 fully saturated rings. The quantitative estimate of drug-likeness (QED) is 0.424. The molecule has 0 aromatic rings. The van der Waals surface area contributed by atoms with E-state index in [-0.39, 0.29) is 0 Å². The first-order chi connectivity index (χ1) is 3.31. The normalized spacial score (nSPS) is 14.6. The van der Waals surface area contributed by atoms with E-state index in [1.807, 2.05) is 0 Å². The summed E-state index contributed by atoms with van der Waals surface area (Å²) in [6, 6.07) is 1.36. The summed E-state index contributed by atoms with van der Waals surface area (Å²) in [6.07, 6.45) is 1.25. The molecule has 1 atom stereocenters. The van der Waals surface area contributed by atoms with Crippen molar-refractivity contribution in [3.63, 3.8) is 0 Å². The predicted octanol–water partition coefficient (Wildman–Crippen LogP) is 0.388. The molecule has 0 aliphatic carbocycles. The molecule has 0 aliphatic rings. The Hall–Kier alpha value is 0.917. The van der Waals surface area contributed by atoms with Crippen molar-refractivity contribution in [3.8, 4) is 0 Å². The molecule has 0 nitrogen and oxygen atoms in total. The van der Waals surface area contributed by atoms with Gasteiger partial charge in [-0.2, -0.15) is 25.3 Å². The third-order valence-electron chi connectivity index (χ3n) is 0.833. The minimum absolute atomic E-state index is 0.542. The lowest BCUT2D eigenvalue weighted by Gasteiger charge is -2.01. The van der Waals surface area contributed by atoms with Crippen LogP contribution >= 0.6 is 25.3 Å². The molecule has 0 aromatic carbocycles. The highest BCUT2D eigenvalue weighted by molar-refractivity contribution is 7.84. The summed E-state index contributed by atoms with van der Waals surface area (Å²) in [7, 11) is 1.31. The maximum Gasteiger partial charge on any atom is 0.0102 e. The predicted molar refractivity (Wildman–Crippen MR) is 46.0 cm³/mol. The maximum atomic E-state index is 4.26. The van der Waals surface area contributed by atoms with Gasteiger partial charge >= 0.3 is 0 Å². The second-order valence-electron chi connectivity index (χ2n) is 1.63. The molecule has 0 saturated heterocycles. The molecular weight excluding hydrogens is 140 g/mol. The van der Waals surface area contributed by atoms with Crippen LogP contribution in [0.4, 0.5) is 0 Å². The van der Waals surface area contributed by atoms with Gasteiger partial charge in [0, 0.05) is 21.2 Å². The van der Waals surface area contributed by atoms with E-state index in [0.717, 1.165) is 5.75 Å². The lowest BCUT2D eigenvalue weighted by Crippen LogP contribution is -1.98. The third-order valence-corrected chi connectivity index (χ3v) is 2.58. The van der Waals surface area contributed by atoms with Crippen molar-refractivity contribution >= 4 is 35.5 Å². The fourth-order valence-electron chi connectivity index (χ4n) is 0.425. The first-order valence-electron chi connectivity index (χ1n) is 2.60. The van der Waals surface area contributed by atoms with Crippen LogP contribution in [0.3, 0.4) is 0 Å². The van der Waals surface area contributed by atoms with Crippen LogP contribution in [-0.4, -0.2) is 21.2 Å². The molecule has 0 rings (SSSR count). The van der Waals surface area contributed by atoms with E-state index in [4.69, 9.17) is 0 Å². The topological polar surface area (TPSA) is 0 Å². The van der Waals surface area contributed by atoms with Gasteiger partial charge in [0.2, 0.25) is 0 Å². The zero-order chi connectivity index (χ0) is 5.70. The van der Waals surface area contributed by atoms with Crippen molar-refractivity contribution in [2.75, 3.05) is 5.75 Å². The molecule has 1 unspecified atom stereocenters. The van der Waals surface area contributed by atoms with Gasteiger partial charge < -0.3 is 0 Å². The Bertz CT molecular complexity index is 40.7. The molecule has 44 valence electrons. The van der Waals surface area contributed by atoms with Crippen LogP contribution in [0.5, 0.6) is 0 Å². The van der Waals surface area contributed by atoms with Gasteiger partial charge in [-0.05, 0) is 6.42 Å². The number of rotatable bonds is 3. The van der Waals surface area contributed by atoms with Crippen LogP contribution < -0.4 is 0 Å². The molecule has 0 N–H and O–H groups in total. The van der Waals surface area contributed by atoms with Gasteiger partial charge in [0.05, 0.1) is 0 Å². The van der Waals surface area contributed by atoms with E-state index in [1.54, 1.807) is 0 Å². The Kier molecular flexibility index (Phi) is 5.72. The molecule has 0 aliphatic heterocycles. The first-order valence-corrected chi connectivity index (χ1v) is 5.16. The van der Waals surface area contributed by atoms with Gasteiger partial charge in [-0.15, -0.1) is 0 Å². The van der Waals surface area contributed by atoms with Crippen molar-refractivity contribution in [2.24, 2.45) is 0 Å². The van der Waals surface area contributed by atoms with E-state index < -0.39 is 0 Å². The summed E-state index contributed by atoms with van der Waals surface area (Å²) in [6.45, 7) is 0. The standard InChI is InChI=1S/C4H12S2Si/c5-3-4(6)1-2-7/h4-6H,1-3H2,7H3. The highest BCUT2D eigenvalue weighted by Gasteiger charge is 1.94. The van der Waals surface area contributed by atoms with Gasteiger partial charge in [-0.1, -0.05) is 6.04 Å². The van der Waals surface area contributed by atoms with Gasteiger partial charge in [0.15, 0.2) is 0 Å². The number of hydrogen-bond donors (Lipinski definition) is 2. The van der Waals surface area contributed by atoms with Gasteiger partial charge in [0.25, 0.3) is 0 Å². The molecule has 0 aromatic heterocycles. The zero-order valence-electron chi connectivity index (χ0n) is 4.59. The molecule has 7 heavy (non-hydrogen) atoms. The summed E-state index contributed by atoms with van der Waals surface area (Å²) in [5.74, 6) is 0.922. The fourth-order valence-corrected chi connectivity index (χ4v) is 2.05. The molecule has 0 bridgehead atoms. The Balaban J connectivity index is 2.83. The number of thiol groups is 2. The van der Waals surface area contributed by atoms with Crippen LogP contribution in [0.25, 0.3) is 0 Å². The average molecular weight is 152 g/mol. The average Bonchev–Trinajstić information content (AvgIpc) is 1.68. The highest BCUT2D eigenvalue weighted by atomic mass is 32.1. The van der Waals surface area contributed by atoms with Crippen LogP contribution in [0.1, 0.15) is 6.42 Å². The molecule has 0 heterocycles. The Morgan fingerprint density at radius 2 is 2.14 bits per heavy atom. The van der Waals surface area contributed by atoms with Crippen LogP contribution in [0, 0.1) is 0 Å². The molecule has 0 saturated carbocycles. The van der Waals surface area contributed by atoms with Crippen molar-refractivity contribution in [1.29, 1.82) is 0 Å². The lowest BCUT2D eigenvalue weighted by atomic mass is 10.4. The first kappa shape index (κ1) is 7.92. The minimum atomic E-state index is 0.542. The summed E-state index contributed by atoms with van der Waals surface area (Å²) in [4.78, 5) is 0. The zero-order valence-corrected chi connectivity index (χ0v) is 8.38. The lowest BCUT2D eigenvalue weighted by molar-refractivity contribution is 0.924. The van der Waals surface area contributed by atoms with Gasteiger partial charge in [0.1, 0.15) is 0 Å². The minimum Gasteiger partial charge on any atom is -0.178 e. The van der Waals surface area contributed by atoms with Crippen LogP contribution in [0.2, 0.25) is 6.04 Å². The van der Waals surface area contributed by atoms with E-state index >= 15 is 0 Å². The second-order valence-corrected chi connectivity index (χ2v) is 3.72. The van der Waals surface area contributed by atoms with Crippen molar-refractivity contribution in [1.82, 2.24) is 0 Å². The van der Waals surface area contributed by atoms with E-state index in [0.29, 0.717) is 5.25 Å². The van der Waals surface area contributed by atoms with E-state index in [9.17, 15) is 0 Å². The second kappa shape index (κ2) is 5.06. The summed E-state index contributed by atoms with van der Waals surface area (Å²) >= 11 is 8.34. The van der Waals surface area contributed by atoms with Crippen molar-refractivity contribution < 1.29 is 0 Å². The van der Waals surface area contributed by atoms with Crippen molar-refractivity contribution in [2.45, 2.75) is 17.7 Å². The van der Waals surface area contributed by atoms with Gasteiger partial charge in [-0.3, -0.25) is 0 Å². The largest absolute Gasteiger partial charge is 0.178 e. The fraction of sp³-hybridized carbons (Fsp3) is 1.00. The molecule has 0 radical (unpaired) electrons. The van der Waals surface area contributed by atoms with Gasteiger partial charge in [-0.25, -0.2) is 0 Å². The van der Waals surface area contributed by atoms with Crippen LogP contribution in [-0.2, 0) is 0 Å². The molecular formula is C4H12S2Si. The summed E-state index contributed by atoms with van der Waals surface area (Å²) in [5.41, 5.74) is 0. The van der Waals surface area contributed by atoms with E-state index in [1.165, 1.54) is 22.7 Å². The number of hydrogen-bond acceptors (Lipinski definition) is 2. The molecule has 0 spiro atoms. The summed E-state index contributed by atoms with van der Waals surface area (Å²) in [5, 5.41) is 0.542. The smallest absolute Gasteiger partial charge is 0.0102 e. The van der Waals surface area contributed by atoms with Crippen LogP contribution in [0.15, 0.2) is 0 Å². The third kappa shape index (κ3) is 4.78. The maximum absolute atomic E-state index is 4.26. The highest BCUT2D eigenvalue weighted by Crippen LogP contribution is 2.03. The monoisotopic (exact) mass is 152 g/mol. The molecule has 3 heteroatoms.